The molecule has 3 rings (SSSR count). The van der Waals surface area contributed by atoms with E-state index >= 15 is 0 Å². The van der Waals surface area contributed by atoms with Gasteiger partial charge in [0.15, 0.2) is 0 Å². The van der Waals surface area contributed by atoms with Crippen LogP contribution in [0.25, 0.3) is 5.78 Å². The van der Waals surface area contributed by atoms with Gasteiger partial charge in [0.25, 0.3) is 5.78 Å². The minimum absolute atomic E-state index is 0.0138. The molecule has 0 radical (unpaired) electrons. The molecule has 3 aromatic rings. The van der Waals surface area contributed by atoms with Gasteiger partial charge in [-0.2, -0.15) is 4.98 Å². The Balaban J connectivity index is 1.65. The van der Waals surface area contributed by atoms with Crippen LogP contribution in [0.3, 0.4) is 0 Å². The number of aromatic nitrogens is 4. The Morgan fingerprint density at radius 2 is 1.93 bits per heavy atom. The number of aryl methyl sites for hydroxylation is 2. The molecular weight excluding hydrogens is 358 g/mol. The van der Waals surface area contributed by atoms with Crippen molar-refractivity contribution in [3.8, 4) is 0 Å². The van der Waals surface area contributed by atoms with Crippen LogP contribution in [0, 0.1) is 19.8 Å². The van der Waals surface area contributed by atoms with Crippen LogP contribution in [0.5, 0.6) is 0 Å². The zero-order chi connectivity index (χ0) is 19.4. The van der Waals surface area contributed by atoms with Crippen molar-refractivity contribution >= 4 is 23.4 Å². The lowest BCUT2D eigenvalue weighted by atomic mass is 9.97. The van der Waals surface area contributed by atoms with Crippen molar-refractivity contribution in [1.82, 2.24) is 24.9 Å². The van der Waals surface area contributed by atoms with Gasteiger partial charge in [-0.3, -0.25) is 4.79 Å². The topological polar surface area (TPSA) is 72.2 Å². The Labute approximate surface area is 163 Å². The highest BCUT2D eigenvalue weighted by atomic mass is 32.2. The number of fused-ring (bicyclic) bond motifs is 1. The monoisotopic (exact) mass is 383 g/mol. The maximum absolute atomic E-state index is 12.5. The average Bonchev–Trinajstić information content (AvgIpc) is 3.03. The summed E-state index contributed by atoms with van der Waals surface area (Å²) < 4.78 is 1.71. The highest BCUT2D eigenvalue weighted by Crippen LogP contribution is 2.22. The number of hydrogen-bond donors (Lipinski definition) is 1. The van der Waals surface area contributed by atoms with Gasteiger partial charge in [-0.05, 0) is 37.8 Å². The van der Waals surface area contributed by atoms with Gasteiger partial charge in [-0.15, -0.1) is 5.10 Å². The predicted molar refractivity (Wildman–Crippen MR) is 108 cm³/mol. The molecule has 0 aliphatic heterocycles. The molecule has 6 nitrogen and oxygen atoms in total. The largest absolute Gasteiger partial charge is 0.349 e. The first-order valence-electron chi connectivity index (χ1n) is 9.10. The van der Waals surface area contributed by atoms with E-state index in [1.807, 2.05) is 38.1 Å². The van der Waals surface area contributed by atoms with Crippen molar-refractivity contribution in [3.05, 3.63) is 53.3 Å². The van der Waals surface area contributed by atoms with E-state index in [0.717, 1.165) is 23.4 Å². The van der Waals surface area contributed by atoms with Crippen LogP contribution in [-0.4, -0.2) is 31.2 Å². The van der Waals surface area contributed by atoms with Crippen LogP contribution in [-0.2, 0) is 4.79 Å². The normalized spacial score (nSPS) is 12.5. The molecule has 1 aromatic carbocycles. The van der Waals surface area contributed by atoms with Gasteiger partial charge in [0.05, 0.1) is 11.8 Å². The molecule has 0 spiro atoms. The molecule has 2 aromatic heterocycles. The Kier molecular flexibility index (Phi) is 6.11. The number of benzene rings is 1. The molecule has 0 saturated carbocycles. The minimum Gasteiger partial charge on any atom is -0.349 e. The standard InChI is InChI=1S/C20H25N5OS/c1-13(2)10-17(16-8-6-5-7-9-16)22-18(26)12-27-20-23-19-21-14(3)11-15(4)25(19)24-20/h5-9,11,13,17H,10,12H2,1-4H3,(H,22,26)/t17-/m0/s1. The first-order chi connectivity index (χ1) is 12.9. The van der Waals surface area contributed by atoms with Crippen molar-refractivity contribution in [3.63, 3.8) is 0 Å². The average molecular weight is 384 g/mol. The Morgan fingerprint density at radius 3 is 2.63 bits per heavy atom. The molecule has 0 aliphatic rings. The molecule has 0 unspecified atom stereocenters. The zero-order valence-electron chi connectivity index (χ0n) is 16.1. The summed E-state index contributed by atoms with van der Waals surface area (Å²) in [6.07, 6.45) is 0.898. The third-order valence-corrected chi connectivity index (χ3v) is 5.01. The fraction of sp³-hybridized carbons (Fsp3) is 0.400. The molecule has 1 N–H and O–H groups in total. The van der Waals surface area contributed by atoms with Crippen LogP contribution >= 0.6 is 11.8 Å². The number of amides is 1. The summed E-state index contributed by atoms with van der Waals surface area (Å²) in [5, 5.41) is 8.15. The Bertz CT molecular complexity index is 923. The molecule has 1 atom stereocenters. The number of nitrogens with one attached hydrogen (secondary N) is 1. The second-order valence-electron chi connectivity index (χ2n) is 7.09. The van der Waals surface area contributed by atoms with Gasteiger partial charge in [-0.25, -0.2) is 9.50 Å². The third-order valence-electron chi connectivity index (χ3n) is 4.18. The lowest BCUT2D eigenvalue weighted by Crippen LogP contribution is -2.30. The molecule has 0 bridgehead atoms. The molecular formula is C20H25N5OS. The van der Waals surface area contributed by atoms with Crippen molar-refractivity contribution in [2.45, 2.75) is 45.3 Å². The van der Waals surface area contributed by atoms with Crippen molar-refractivity contribution in [1.29, 1.82) is 0 Å². The van der Waals surface area contributed by atoms with Crippen molar-refractivity contribution in [2.75, 3.05) is 5.75 Å². The number of carbonyl (C=O) groups excluding carboxylic acids is 1. The number of carbonyl (C=O) groups is 1. The van der Waals surface area contributed by atoms with Gasteiger partial charge < -0.3 is 5.32 Å². The van der Waals surface area contributed by atoms with E-state index in [0.29, 0.717) is 16.9 Å². The highest BCUT2D eigenvalue weighted by molar-refractivity contribution is 7.99. The molecule has 0 fully saturated rings. The van der Waals surface area contributed by atoms with Crippen LogP contribution in [0.15, 0.2) is 41.6 Å². The van der Waals surface area contributed by atoms with Crippen molar-refractivity contribution in [2.24, 2.45) is 5.92 Å². The van der Waals surface area contributed by atoms with Gasteiger partial charge >= 0.3 is 0 Å². The van der Waals surface area contributed by atoms with Crippen LogP contribution < -0.4 is 5.32 Å². The summed E-state index contributed by atoms with van der Waals surface area (Å²) in [5.41, 5.74) is 3.01. The number of rotatable bonds is 7. The fourth-order valence-electron chi connectivity index (χ4n) is 3.01. The Hall–Kier alpha value is -2.41. The van der Waals surface area contributed by atoms with Crippen molar-refractivity contribution < 1.29 is 4.79 Å². The van der Waals surface area contributed by atoms with E-state index in [1.54, 1.807) is 4.52 Å². The lowest BCUT2D eigenvalue weighted by molar-refractivity contribution is -0.119. The number of nitrogens with zero attached hydrogens (tertiary/aromatic N) is 4. The first-order valence-corrected chi connectivity index (χ1v) is 10.1. The van der Waals surface area contributed by atoms with E-state index < -0.39 is 0 Å². The SMILES string of the molecule is Cc1cc(C)n2nc(SCC(=O)N[C@@H](CC(C)C)c3ccccc3)nc2n1. The highest BCUT2D eigenvalue weighted by Gasteiger charge is 2.17. The summed E-state index contributed by atoms with van der Waals surface area (Å²) in [5.74, 6) is 1.31. The number of thioether (sulfide) groups is 1. The molecule has 142 valence electrons. The second kappa shape index (κ2) is 8.52. The van der Waals surface area contributed by atoms with Gasteiger partial charge in [0, 0.05) is 11.4 Å². The molecule has 27 heavy (non-hydrogen) atoms. The smallest absolute Gasteiger partial charge is 0.253 e. The third kappa shape index (κ3) is 5.07. The van der Waals surface area contributed by atoms with Crippen LogP contribution in [0.1, 0.15) is 43.3 Å². The van der Waals surface area contributed by atoms with E-state index in [2.05, 4.69) is 46.4 Å². The quantitative estimate of drug-likeness (QED) is 0.629. The molecule has 2 heterocycles. The zero-order valence-corrected chi connectivity index (χ0v) is 17.0. The summed E-state index contributed by atoms with van der Waals surface area (Å²) in [7, 11) is 0. The van der Waals surface area contributed by atoms with E-state index in [1.165, 1.54) is 11.8 Å². The van der Waals surface area contributed by atoms with E-state index in [4.69, 9.17) is 0 Å². The second-order valence-corrected chi connectivity index (χ2v) is 8.04. The van der Waals surface area contributed by atoms with Crippen LogP contribution in [0.4, 0.5) is 0 Å². The van der Waals surface area contributed by atoms with Gasteiger partial charge in [-0.1, -0.05) is 55.9 Å². The molecule has 1 amide bonds. The summed E-state index contributed by atoms with van der Waals surface area (Å²) in [6, 6.07) is 12.1. The van der Waals surface area contributed by atoms with Crippen LogP contribution in [0.2, 0.25) is 0 Å². The summed E-state index contributed by atoms with van der Waals surface area (Å²) >= 11 is 1.33. The molecule has 7 heteroatoms. The first kappa shape index (κ1) is 19.4. The minimum atomic E-state index is -0.0192. The number of hydrogen-bond acceptors (Lipinski definition) is 5. The molecule has 0 aliphatic carbocycles. The summed E-state index contributed by atoms with van der Waals surface area (Å²) in [4.78, 5) is 21.3. The maximum atomic E-state index is 12.5. The molecule has 0 saturated heterocycles. The summed E-state index contributed by atoms with van der Waals surface area (Å²) in [6.45, 7) is 8.22. The lowest BCUT2D eigenvalue weighted by Gasteiger charge is -2.21. The van der Waals surface area contributed by atoms with Gasteiger partial charge in [0.1, 0.15) is 0 Å². The maximum Gasteiger partial charge on any atom is 0.253 e. The van der Waals surface area contributed by atoms with E-state index in [9.17, 15) is 4.79 Å². The predicted octanol–water partition coefficient (Wildman–Crippen LogP) is 3.74. The van der Waals surface area contributed by atoms with E-state index in [-0.39, 0.29) is 17.7 Å². The van der Waals surface area contributed by atoms with Gasteiger partial charge in [0.2, 0.25) is 11.1 Å². The fourth-order valence-corrected chi connectivity index (χ4v) is 3.64. The Morgan fingerprint density at radius 1 is 1.19 bits per heavy atom.